The molecular weight excluding hydrogens is 208 g/mol. The summed E-state index contributed by atoms with van der Waals surface area (Å²) in [6.45, 7) is 0. The first-order valence-electron chi connectivity index (χ1n) is 4.55. The van der Waals surface area contributed by atoms with Gasteiger partial charge in [-0.25, -0.2) is 4.79 Å². The quantitative estimate of drug-likeness (QED) is 0.601. The molecule has 0 amide bonds. The van der Waals surface area contributed by atoms with Crippen LogP contribution in [0.2, 0.25) is 0 Å². The fourth-order valence-corrected chi connectivity index (χ4v) is 1.45. The number of carboxylic acid groups (broad SMARTS) is 1. The number of nitrogens with zero attached hydrogens (tertiary/aromatic N) is 1. The molecule has 2 aromatic rings. The highest BCUT2D eigenvalue weighted by Crippen LogP contribution is 2.18. The van der Waals surface area contributed by atoms with E-state index in [9.17, 15) is 9.59 Å². The van der Waals surface area contributed by atoms with Gasteiger partial charge in [-0.2, -0.15) is 5.10 Å². The van der Waals surface area contributed by atoms with E-state index in [0.717, 1.165) is 5.56 Å². The third kappa shape index (κ3) is 1.70. The van der Waals surface area contributed by atoms with Crippen molar-refractivity contribution in [2.75, 3.05) is 0 Å². The second-order valence-corrected chi connectivity index (χ2v) is 3.18. The van der Waals surface area contributed by atoms with Crippen LogP contribution in [0, 0.1) is 0 Å². The Morgan fingerprint density at radius 1 is 1.44 bits per heavy atom. The molecule has 2 rings (SSSR count). The summed E-state index contributed by atoms with van der Waals surface area (Å²) in [5.41, 5.74) is 1.39. The Hall–Kier alpha value is -2.43. The second kappa shape index (κ2) is 3.98. The van der Waals surface area contributed by atoms with Crippen LogP contribution in [-0.2, 0) is 4.79 Å². The van der Waals surface area contributed by atoms with Gasteiger partial charge in [-0.3, -0.25) is 9.89 Å². The normalized spacial score (nSPS) is 11.0. The highest BCUT2D eigenvalue weighted by molar-refractivity contribution is 6.01. The van der Waals surface area contributed by atoms with Gasteiger partial charge in [0.2, 0.25) is 0 Å². The van der Waals surface area contributed by atoms with Gasteiger partial charge in [-0.05, 0) is 23.8 Å². The van der Waals surface area contributed by atoms with Gasteiger partial charge in [0.25, 0.3) is 0 Å². The number of aromatic carboxylic acids is 1. The zero-order valence-electron chi connectivity index (χ0n) is 8.18. The summed E-state index contributed by atoms with van der Waals surface area (Å²) in [4.78, 5) is 21.0. The third-order valence-corrected chi connectivity index (χ3v) is 2.16. The molecule has 0 spiro atoms. The van der Waals surface area contributed by atoms with Gasteiger partial charge in [0.15, 0.2) is 5.69 Å². The largest absolute Gasteiger partial charge is 0.476 e. The molecule has 0 fully saturated rings. The van der Waals surface area contributed by atoms with E-state index < -0.39 is 5.97 Å². The molecule has 1 heterocycles. The number of allylic oxidation sites excluding steroid dienone is 1. The monoisotopic (exact) mass is 216 g/mol. The first-order valence-corrected chi connectivity index (χ1v) is 4.55. The van der Waals surface area contributed by atoms with Crippen molar-refractivity contribution in [3.63, 3.8) is 0 Å². The molecule has 1 aromatic heterocycles. The van der Waals surface area contributed by atoms with Crippen molar-refractivity contribution >= 4 is 29.2 Å². The number of rotatable bonds is 3. The first kappa shape index (κ1) is 10.1. The van der Waals surface area contributed by atoms with Crippen LogP contribution in [0.1, 0.15) is 16.1 Å². The van der Waals surface area contributed by atoms with Gasteiger partial charge >= 0.3 is 5.97 Å². The van der Waals surface area contributed by atoms with Crippen molar-refractivity contribution in [1.29, 1.82) is 0 Å². The van der Waals surface area contributed by atoms with Crippen LogP contribution in [0.25, 0.3) is 17.0 Å². The number of carboxylic acids is 1. The van der Waals surface area contributed by atoms with Crippen molar-refractivity contribution in [3.8, 4) is 0 Å². The highest BCUT2D eigenvalue weighted by Gasteiger charge is 2.12. The van der Waals surface area contributed by atoms with Gasteiger partial charge in [0, 0.05) is 5.39 Å². The Balaban J connectivity index is 2.58. The molecule has 0 unspecified atom stereocenters. The second-order valence-electron chi connectivity index (χ2n) is 3.18. The zero-order valence-corrected chi connectivity index (χ0v) is 8.18. The predicted molar refractivity (Wildman–Crippen MR) is 58.2 cm³/mol. The lowest BCUT2D eigenvalue weighted by molar-refractivity contribution is -0.104. The number of fused-ring (bicyclic) bond motifs is 1. The van der Waals surface area contributed by atoms with Crippen LogP contribution in [-0.4, -0.2) is 27.6 Å². The van der Waals surface area contributed by atoms with Gasteiger partial charge in [0.1, 0.15) is 6.29 Å². The highest BCUT2D eigenvalue weighted by atomic mass is 16.4. The lowest BCUT2D eigenvalue weighted by Crippen LogP contribution is -1.96. The number of aromatic nitrogens is 2. The minimum Gasteiger partial charge on any atom is -0.476 e. The molecule has 80 valence electrons. The summed E-state index contributed by atoms with van der Waals surface area (Å²) in [6.07, 6.45) is 3.62. The van der Waals surface area contributed by atoms with Crippen LogP contribution in [0.3, 0.4) is 0 Å². The molecule has 0 saturated carbocycles. The summed E-state index contributed by atoms with van der Waals surface area (Å²) in [6, 6.07) is 5.16. The Morgan fingerprint density at radius 3 is 2.94 bits per heavy atom. The Morgan fingerprint density at radius 2 is 2.25 bits per heavy atom. The van der Waals surface area contributed by atoms with E-state index in [4.69, 9.17) is 5.11 Å². The molecule has 5 heteroatoms. The standard InChI is InChI=1S/C11H8N2O3/c14-5-1-2-7-3-4-9-8(6-7)10(11(15)16)13-12-9/h1-6H,(H,12,13)(H,15,16). The molecule has 16 heavy (non-hydrogen) atoms. The van der Waals surface area contributed by atoms with E-state index in [-0.39, 0.29) is 5.69 Å². The summed E-state index contributed by atoms with van der Waals surface area (Å²) < 4.78 is 0. The van der Waals surface area contributed by atoms with Crippen molar-refractivity contribution < 1.29 is 14.7 Å². The lowest BCUT2D eigenvalue weighted by atomic mass is 10.1. The van der Waals surface area contributed by atoms with Crippen LogP contribution in [0.5, 0.6) is 0 Å². The molecule has 0 aliphatic carbocycles. The smallest absolute Gasteiger partial charge is 0.357 e. The Labute approximate surface area is 90.4 Å². The third-order valence-electron chi connectivity index (χ3n) is 2.16. The van der Waals surface area contributed by atoms with Crippen LogP contribution < -0.4 is 0 Å². The number of carbonyl (C=O) groups excluding carboxylic acids is 1. The number of benzene rings is 1. The fraction of sp³-hybridized carbons (Fsp3) is 0. The van der Waals surface area contributed by atoms with E-state index in [2.05, 4.69) is 10.2 Å². The van der Waals surface area contributed by atoms with Crippen molar-refractivity contribution in [2.24, 2.45) is 0 Å². The Kier molecular flexibility index (Phi) is 2.51. The van der Waals surface area contributed by atoms with Gasteiger partial charge in [0.05, 0.1) is 5.52 Å². The average Bonchev–Trinajstić information content (AvgIpc) is 2.69. The molecule has 5 nitrogen and oxygen atoms in total. The summed E-state index contributed by atoms with van der Waals surface area (Å²) in [5, 5.41) is 15.7. The maximum absolute atomic E-state index is 10.8. The summed E-state index contributed by atoms with van der Waals surface area (Å²) in [7, 11) is 0. The number of hydrogen-bond acceptors (Lipinski definition) is 3. The summed E-state index contributed by atoms with van der Waals surface area (Å²) in [5.74, 6) is -1.08. The molecule has 0 radical (unpaired) electrons. The minimum absolute atomic E-state index is 0.0173. The molecule has 1 aromatic carbocycles. The van der Waals surface area contributed by atoms with E-state index in [0.29, 0.717) is 17.2 Å². The molecular formula is C11H8N2O3. The predicted octanol–water partition coefficient (Wildman–Crippen LogP) is 1.47. The Bertz CT molecular complexity index is 584. The molecule has 2 N–H and O–H groups in total. The van der Waals surface area contributed by atoms with E-state index in [1.165, 1.54) is 6.08 Å². The van der Waals surface area contributed by atoms with E-state index in [1.54, 1.807) is 24.3 Å². The number of hydrogen-bond donors (Lipinski definition) is 2. The van der Waals surface area contributed by atoms with Crippen molar-refractivity contribution in [1.82, 2.24) is 10.2 Å². The SMILES string of the molecule is O=CC=Cc1ccc2[nH]nc(C(=O)O)c2c1. The lowest BCUT2D eigenvalue weighted by Gasteiger charge is -1.94. The minimum atomic E-state index is -1.08. The van der Waals surface area contributed by atoms with E-state index >= 15 is 0 Å². The van der Waals surface area contributed by atoms with E-state index in [1.807, 2.05) is 0 Å². The molecule has 0 saturated heterocycles. The van der Waals surface area contributed by atoms with Gasteiger partial charge < -0.3 is 5.11 Å². The molecule has 0 aliphatic rings. The topological polar surface area (TPSA) is 83.0 Å². The fourth-order valence-electron chi connectivity index (χ4n) is 1.45. The number of H-pyrrole nitrogens is 1. The average molecular weight is 216 g/mol. The van der Waals surface area contributed by atoms with Crippen LogP contribution in [0.15, 0.2) is 24.3 Å². The van der Waals surface area contributed by atoms with Crippen LogP contribution in [0.4, 0.5) is 0 Å². The molecule has 0 bridgehead atoms. The maximum atomic E-state index is 10.8. The van der Waals surface area contributed by atoms with Gasteiger partial charge in [-0.1, -0.05) is 12.1 Å². The number of nitrogens with one attached hydrogen (secondary N) is 1. The molecule has 0 atom stereocenters. The number of carbonyl (C=O) groups is 2. The number of aldehydes is 1. The molecule has 0 aliphatic heterocycles. The first-order chi connectivity index (χ1) is 7.72. The number of aromatic amines is 1. The van der Waals surface area contributed by atoms with Gasteiger partial charge in [-0.15, -0.1) is 0 Å². The summed E-state index contributed by atoms with van der Waals surface area (Å²) >= 11 is 0. The van der Waals surface area contributed by atoms with Crippen molar-refractivity contribution in [2.45, 2.75) is 0 Å². The van der Waals surface area contributed by atoms with Crippen LogP contribution >= 0.6 is 0 Å². The maximum Gasteiger partial charge on any atom is 0.357 e. The van der Waals surface area contributed by atoms with Crippen molar-refractivity contribution in [3.05, 3.63) is 35.5 Å². The zero-order chi connectivity index (χ0) is 11.5.